The molecular weight excluding hydrogens is 102 g/mol. The predicted molar refractivity (Wildman–Crippen MR) is 27.9 cm³/mol. The molecule has 8 heavy (non-hydrogen) atoms. The SMILES string of the molecule is Cc1cnc[n+](C)n1. The lowest BCUT2D eigenvalue weighted by Gasteiger charge is -1.83. The average molecular weight is 110 g/mol. The van der Waals surface area contributed by atoms with Crippen molar-refractivity contribution >= 4 is 0 Å². The average Bonchev–Trinajstić information content (AvgIpc) is 1.64. The van der Waals surface area contributed by atoms with Gasteiger partial charge in [0.2, 0.25) is 0 Å². The minimum Gasteiger partial charge on any atom is -0.140 e. The second-order valence-corrected chi connectivity index (χ2v) is 1.71. The van der Waals surface area contributed by atoms with Crippen LogP contribution in [0.1, 0.15) is 5.69 Å². The van der Waals surface area contributed by atoms with Crippen molar-refractivity contribution in [2.24, 2.45) is 7.05 Å². The van der Waals surface area contributed by atoms with Crippen LogP contribution in [0.2, 0.25) is 0 Å². The molecule has 0 bridgehead atoms. The van der Waals surface area contributed by atoms with Gasteiger partial charge in [0.1, 0.15) is 12.7 Å². The number of nitrogens with zero attached hydrogens (tertiary/aromatic N) is 3. The van der Waals surface area contributed by atoms with E-state index in [1.54, 1.807) is 17.2 Å². The van der Waals surface area contributed by atoms with E-state index < -0.39 is 0 Å². The van der Waals surface area contributed by atoms with Gasteiger partial charge in [0.15, 0.2) is 6.20 Å². The molecule has 1 heterocycles. The van der Waals surface area contributed by atoms with E-state index in [0.717, 1.165) is 5.69 Å². The first-order valence-corrected chi connectivity index (χ1v) is 2.43. The molecule has 0 N–H and O–H groups in total. The third kappa shape index (κ3) is 0.992. The summed E-state index contributed by atoms with van der Waals surface area (Å²) in [5, 5.41) is 4.03. The molecule has 0 aliphatic rings. The molecule has 0 amide bonds. The predicted octanol–water partition coefficient (Wildman–Crippen LogP) is -0.390. The second-order valence-electron chi connectivity index (χ2n) is 1.71. The molecule has 3 nitrogen and oxygen atoms in total. The number of aromatic nitrogens is 3. The Morgan fingerprint density at radius 1 is 1.62 bits per heavy atom. The van der Waals surface area contributed by atoms with Crippen LogP contribution in [0.3, 0.4) is 0 Å². The van der Waals surface area contributed by atoms with Gasteiger partial charge in [-0.15, -0.1) is 4.68 Å². The zero-order valence-electron chi connectivity index (χ0n) is 5.00. The zero-order valence-corrected chi connectivity index (χ0v) is 5.00. The zero-order chi connectivity index (χ0) is 5.98. The largest absolute Gasteiger partial charge is 0.306 e. The molecule has 0 aliphatic heterocycles. The summed E-state index contributed by atoms with van der Waals surface area (Å²) in [6.45, 7) is 1.91. The van der Waals surface area contributed by atoms with Crippen molar-refractivity contribution in [3.63, 3.8) is 0 Å². The Bertz CT molecular complexity index is 168. The Kier molecular flexibility index (Phi) is 1.20. The molecule has 0 saturated heterocycles. The summed E-state index contributed by atoms with van der Waals surface area (Å²) in [7, 11) is 1.85. The lowest BCUT2D eigenvalue weighted by Crippen LogP contribution is -2.33. The maximum Gasteiger partial charge on any atom is 0.306 e. The van der Waals surface area contributed by atoms with Crippen molar-refractivity contribution in [3.8, 4) is 0 Å². The van der Waals surface area contributed by atoms with Crippen LogP contribution in [0.5, 0.6) is 0 Å². The molecule has 0 spiro atoms. The van der Waals surface area contributed by atoms with Gasteiger partial charge >= 0.3 is 6.33 Å². The fraction of sp³-hybridized carbons (Fsp3) is 0.400. The van der Waals surface area contributed by atoms with Gasteiger partial charge in [-0.05, 0) is 6.92 Å². The van der Waals surface area contributed by atoms with E-state index in [4.69, 9.17) is 0 Å². The molecule has 0 saturated carbocycles. The maximum absolute atomic E-state index is 4.03. The monoisotopic (exact) mass is 110 g/mol. The first kappa shape index (κ1) is 5.15. The molecule has 42 valence electrons. The van der Waals surface area contributed by atoms with E-state index in [-0.39, 0.29) is 0 Å². The molecule has 1 aromatic heterocycles. The lowest BCUT2D eigenvalue weighted by molar-refractivity contribution is -0.734. The summed E-state index contributed by atoms with van der Waals surface area (Å²) in [6, 6.07) is 0. The summed E-state index contributed by atoms with van der Waals surface area (Å²) < 4.78 is 1.68. The van der Waals surface area contributed by atoms with Crippen LogP contribution in [0.15, 0.2) is 12.5 Å². The van der Waals surface area contributed by atoms with Crippen LogP contribution in [0.4, 0.5) is 0 Å². The molecule has 0 atom stereocenters. The molecule has 0 aromatic carbocycles. The summed E-state index contributed by atoms with van der Waals surface area (Å²) in [6.07, 6.45) is 3.38. The van der Waals surface area contributed by atoms with E-state index >= 15 is 0 Å². The fourth-order valence-electron chi connectivity index (χ4n) is 0.538. The highest BCUT2D eigenvalue weighted by Gasteiger charge is 1.90. The van der Waals surface area contributed by atoms with Crippen molar-refractivity contribution in [1.29, 1.82) is 0 Å². The van der Waals surface area contributed by atoms with Gasteiger partial charge < -0.3 is 0 Å². The Labute approximate surface area is 48.0 Å². The highest BCUT2D eigenvalue weighted by Crippen LogP contribution is 1.76. The van der Waals surface area contributed by atoms with Crippen LogP contribution >= 0.6 is 0 Å². The van der Waals surface area contributed by atoms with Crippen LogP contribution in [0, 0.1) is 6.92 Å². The van der Waals surface area contributed by atoms with Crippen molar-refractivity contribution in [2.75, 3.05) is 0 Å². The normalized spacial score (nSPS) is 9.25. The van der Waals surface area contributed by atoms with Crippen LogP contribution in [-0.2, 0) is 7.05 Å². The van der Waals surface area contributed by atoms with E-state index in [2.05, 4.69) is 10.1 Å². The topological polar surface area (TPSA) is 29.7 Å². The fourth-order valence-corrected chi connectivity index (χ4v) is 0.538. The maximum atomic E-state index is 4.03. The number of aryl methyl sites for hydroxylation is 2. The second kappa shape index (κ2) is 1.86. The standard InChI is InChI=1S/C5H8N3/c1-5-3-6-4-8(2)7-5/h3-4H,1-2H3/q+1. The lowest BCUT2D eigenvalue weighted by atomic mass is 10.6. The smallest absolute Gasteiger partial charge is 0.140 e. The minimum atomic E-state index is 0.940. The van der Waals surface area contributed by atoms with Crippen LogP contribution < -0.4 is 4.68 Å². The number of hydrogen-bond donors (Lipinski definition) is 0. The highest BCUT2D eigenvalue weighted by molar-refractivity contribution is 4.81. The van der Waals surface area contributed by atoms with Gasteiger partial charge in [-0.1, -0.05) is 10.1 Å². The van der Waals surface area contributed by atoms with Gasteiger partial charge in [-0.3, -0.25) is 0 Å². The van der Waals surface area contributed by atoms with Crippen molar-refractivity contribution in [2.45, 2.75) is 6.92 Å². The van der Waals surface area contributed by atoms with Crippen molar-refractivity contribution in [1.82, 2.24) is 10.1 Å². The van der Waals surface area contributed by atoms with E-state index in [0.29, 0.717) is 0 Å². The Morgan fingerprint density at radius 2 is 2.38 bits per heavy atom. The van der Waals surface area contributed by atoms with E-state index in [1.165, 1.54) is 0 Å². The molecular formula is C5H8N3+. The number of hydrogen-bond acceptors (Lipinski definition) is 2. The van der Waals surface area contributed by atoms with Gasteiger partial charge in [-0.2, -0.15) is 0 Å². The highest BCUT2D eigenvalue weighted by atomic mass is 15.3. The summed E-state index contributed by atoms with van der Waals surface area (Å²) in [4.78, 5) is 3.88. The first-order chi connectivity index (χ1) is 3.79. The molecule has 1 rings (SSSR count). The molecule has 0 unspecified atom stereocenters. The quantitative estimate of drug-likeness (QED) is 0.426. The Balaban J connectivity index is 3.08. The van der Waals surface area contributed by atoms with Crippen molar-refractivity contribution in [3.05, 3.63) is 18.2 Å². The number of rotatable bonds is 0. The third-order valence-electron chi connectivity index (χ3n) is 0.811. The van der Waals surface area contributed by atoms with Crippen molar-refractivity contribution < 1.29 is 4.68 Å². The van der Waals surface area contributed by atoms with Crippen LogP contribution in [-0.4, -0.2) is 10.1 Å². The van der Waals surface area contributed by atoms with Gasteiger partial charge in [0.25, 0.3) is 0 Å². The van der Waals surface area contributed by atoms with E-state index in [9.17, 15) is 0 Å². The van der Waals surface area contributed by atoms with Gasteiger partial charge in [-0.25, -0.2) is 0 Å². The Morgan fingerprint density at radius 3 is 2.75 bits per heavy atom. The molecule has 1 aromatic rings. The molecule has 3 heteroatoms. The Hall–Kier alpha value is -0.990. The molecule has 0 aliphatic carbocycles. The first-order valence-electron chi connectivity index (χ1n) is 2.43. The molecule has 0 radical (unpaired) electrons. The minimum absolute atomic E-state index is 0.940. The van der Waals surface area contributed by atoms with Gasteiger partial charge in [0, 0.05) is 0 Å². The summed E-state index contributed by atoms with van der Waals surface area (Å²) in [5.74, 6) is 0. The molecule has 0 fully saturated rings. The van der Waals surface area contributed by atoms with Crippen LogP contribution in [0.25, 0.3) is 0 Å². The van der Waals surface area contributed by atoms with E-state index in [1.807, 2.05) is 14.0 Å². The summed E-state index contributed by atoms with van der Waals surface area (Å²) >= 11 is 0. The van der Waals surface area contributed by atoms with Gasteiger partial charge in [0.05, 0.1) is 0 Å². The third-order valence-corrected chi connectivity index (χ3v) is 0.811. The summed E-state index contributed by atoms with van der Waals surface area (Å²) in [5.41, 5.74) is 0.940.